The molecule has 0 spiro atoms. The Kier molecular flexibility index (Phi) is 3.76. The van der Waals surface area contributed by atoms with E-state index in [-0.39, 0.29) is 6.10 Å². The highest BCUT2D eigenvalue weighted by atomic mass is 32.1. The number of hydrogen-bond acceptors (Lipinski definition) is 4. The van der Waals surface area contributed by atoms with Gasteiger partial charge in [-0.1, -0.05) is 30.3 Å². The molecule has 2 atom stereocenters. The first kappa shape index (κ1) is 13.4. The summed E-state index contributed by atoms with van der Waals surface area (Å²) in [6.07, 6.45) is 3.70. The Balaban J connectivity index is 1.44. The number of morpholine rings is 1. The van der Waals surface area contributed by atoms with E-state index in [2.05, 4.69) is 40.6 Å². The Morgan fingerprint density at radius 3 is 3.10 bits per heavy atom. The van der Waals surface area contributed by atoms with Gasteiger partial charge in [-0.05, 0) is 24.9 Å². The lowest BCUT2D eigenvalue weighted by molar-refractivity contribution is -0.0502. The van der Waals surface area contributed by atoms with Crippen molar-refractivity contribution in [3.63, 3.8) is 0 Å². The van der Waals surface area contributed by atoms with Crippen LogP contribution >= 0.6 is 11.3 Å². The van der Waals surface area contributed by atoms with Gasteiger partial charge >= 0.3 is 0 Å². The zero-order valence-corrected chi connectivity index (χ0v) is 12.9. The molecule has 0 aliphatic carbocycles. The second-order valence-corrected chi connectivity index (χ2v) is 6.84. The van der Waals surface area contributed by atoms with Crippen molar-refractivity contribution >= 4 is 11.3 Å². The SMILES string of the molecule is c1ccc(Cc2csc(C3CN4CCCC4CO3)n2)cc1. The number of ether oxygens (including phenoxy) is 1. The van der Waals surface area contributed by atoms with Gasteiger partial charge in [0.25, 0.3) is 0 Å². The molecule has 0 radical (unpaired) electrons. The zero-order valence-electron chi connectivity index (χ0n) is 12.1. The van der Waals surface area contributed by atoms with Crippen molar-refractivity contribution in [2.24, 2.45) is 0 Å². The minimum absolute atomic E-state index is 0.175. The van der Waals surface area contributed by atoms with Crippen molar-refractivity contribution in [2.45, 2.75) is 31.4 Å². The maximum Gasteiger partial charge on any atom is 0.123 e. The third-order valence-electron chi connectivity index (χ3n) is 4.46. The molecule has 2 fully saturated rings. The van der Waals surface area contributed by atoms with Gasteiger partial charge in [-0.2, -0.15) is 0 Å². The number of thiazole rings is 1. The molecule has 1 aromatic carbocycles. The minimum atomic E-state index is 0.175. The van der Waals surface area contributed by atoms with Gasteiger partial charge in [-0.15, -0.1) is 11.3 Å². The van der Waals surface area contributed by atoms with Crippen molar-refractivity contribution in [1.82, 2.24) is 9.88 Å². The van der Waals surface area contributed by atoms with Crippen LogP contribution in [0.5, 0.6) is 0 Å². The number of benzene rings is 1. The normalized spacial score (nSPS) is 25.9. The van der Waals surface area contributed by atoms with Crippen LogP contribution in [0.3, 0.4) is 0 Å². The number of nitrogens with zero attached hydrogens (tertiary/aromatic N) is 2. The van der Waals surface area contributed by atoms with E-state index >= 15 is 0 Å². The molecule has 2 aliphatic rings. The molecule has 2 unspecified atom stereocenters. The summed E-state index contributed by atoms with van der Waals surface area (Å²) in [4.78, 5) is 7.39. The van der Waals surface area contributed by atoms with Crippen LogP contribution in [0.15, 0.2) is 35.7 Å². The van der Waals surface area contributed by atoms with E-state index in [9.17, 15) is 0 Å². The van der Waals surface area contributed by atoms with Crippen molar-refractivity contribution in [3.8, 4) is 0 Å². The van der Waals surface area contributed by atoms with E-state index in [0.29, 0.717) is 6.04 Å². The first-order chi connectivity index (χ1) is 10.4. The highest BCUT2D eigenvalue weighted by Gasteiger charge is 2.33. The van der Waals surface area contributed by atoms with Gasteiger partial charge in [0.15, 0.2) is 0 Å². The van der Waals surface area contributed by atoms with Gasteiger partial charge in [0.1, 0.15) is 11.1 Å². The number of aromatic nitrogens is 1. The fraction of sp³-hybridized carbons (Fsp3) is 0.471. The van der Waals surface area contributed by atoms with Gasteiger partial charge in [-0.3, -0.25) is 4.90 Å². The van der Waals surface area contributed by atoms with E-state index in [1.807, 2.05) is 0 Å². The second kappa shape index (κ2) is 5.87. The predicted octanol–water partition coefficient (Wildman–Crippen LogP) is 3.27. The monoisotopic (exact) mass is 300 g/mol. The lowest BCUT2D eigenvalue weighted by Gasteiger charge is -2.34. The molecule has 0 N–H and O–H groups in total. The molecule has 21 heavy (non-hydrogen) atoms. The van der Waals surface area contributed by atoms with Crippen molar-refractivity contribution < 1.29 is 4.74 Å². The number of fused-ring (bicyclic) bond motifs is 1. The van der Waals surface area contributed by atoms with Crippen LogP contribution in [0.2, 0.25) is 0 Å². The Hall–Kier alpha value is -1.23. The summed E-state index contributed by atoms with van der Waals surface area (Å²) in [5, 5.41) is 3.33. The highest BCUT2D eigenvalue weighted by Crippen LogP contribution is 2.31. The topological polar surface area (TPSA) is 25.4 Å². The molecule has 110 valence electrons. The fourth-order valence-corrected chi connectivity index (χ4v) is 4.18. The van der Waals surface area contributed by atoms with E-state index in [1.165, 1.54) is 24.9 Å². The van der Waals surface area contributed by atoms with Gasteiger partial charge in [0, 0.05) is 24.4 Å². The lowest BCUT2D eigenvalue weighted by Crippen LogP contribution is -2.42. The first-order valence-corrected chi connectivity index (χ1v) is 8.60. The molecule has 3 heterocycles. The Labute approximate surface area is 129 Å². The molecular weight excluding hydrogens is 280 g/mol. The summed E-state index contributed by atoms with van der Waals surface area (Å²) >= 11 is 1.75. The molecule has 4 rings (SSSR count). The minimum Gasteiger partial charge on any atom is -0.368 e. The Morgan fingerprint density at radius 1 is 1.29 bits per heavy atom. The third kappa shape index (κ3) is 2.89. The average Bonchev–Trinajstić information content (AvgIpc) is 3.16. The largest absolute Gasteiger partial charge is 0.368 e. The summed E-state index contributed by atoms with van der Waals surface area (Å²) < 4.78 is 6.05. The smallest absolute Gasteiger partial charge is 0.123 e. The second-order valence-electron chi connectivity index (χ2n) is 5.95. The van der Waals surface area contributed by atoms with Crippen LogP contribution in [0, 0.1) is 0 Å². The summed E-state index contributed by atoms with van der Waals surface area (Å²) in [6.45, 7) is 3.12. The zero-order chi connectivity index (χ0) is 14.1. The van der Waals surface area contributed by atoms with Gasteiger partial charge in [-0.25, -0.2) is 4.98 Å². The summed E-state index contributed by atoms with van der Waals surface area (Å²) in [7, 11) is 0. The van der Waals surface area contributed by atoms with Crippen molar-refractivity contribution in [1.29, 1.82) is 0 Å². The van der Waals surface area contributed by atoms with Crippen LogP contribution < -0.4 is 0 Å². The quantitative estimate of drug-likeness (QED) is 0.870. The molecule has 0 amide bonds. The maximum atomic E-state index is 6.05. The van der Waals surface area contributed by atoms with E-state index in [0.717, 1.165) is 30.3 Å². The highest BCUT2D eigenvalue weighted by molar-refractivity contribution is 7.09. The maximum absolute atomic E-state index is 6.05. The van der Waals surface area contributed by atoms with Crippen LogP contribution in [0.1, 0.15) is 35.2 Å². The molecule has 2 aromatic rings. The molecule has 2 aliphatic heterocycles. The predicted molar refractivity (Wildman–Crippen MR) is 84.7 cm³/mol. The number of hydrogen-bond donors (Lipinski definition) is 0. The van der Waals surface area contributed by atoms with Crippen LogP contribution in [0.4, 0.5) is 0 Å². The Bertz CT molecular complexity index is 598. The van der Waals surface area contributed by atoms with Crippen LogP contribution in [0.25, 0.3) is 0 Å². The van der Waals surface area contributed by atoms with Gasteiger partial charge < -0.3 is 4.74 Å². The van der Waals surface area contributed by atoms with Crippen molar-refractivity contribution in [2.75, 3.05) is 19.7 Å². The van der Waals surface area contributed by atoms with E-state index < -0.39 is 0 Å². The van der Waals surface area contributed by atoms with E-state index in [1.54, 1.807) is 11.3 Å². The third-order valence-corrected chi connectivity index (χ3v) is 5.45. The lowest BCUT2D eigenvalue weighted by atomic mass is 10.1. The molecular formula is C17H20N2OS. The molecule has 0 bridgehead atoms. The molecule has 1 aromatic heterocycles. The average molecular weight is 300 g/mol. The fourth-order valence-electron chi connectivity index (χ4n) is 3.32. The molecule has 2 saturated heterocycles. The summed E-state index contributed by atoms with van der Waals surface area (Å²) in [6, 6.07) is 11.2. The molecule has 4 heteroatoms. The molecule has 3 nitrogen and oxygen atoms in total. The van der Waals surface area contributed by atoms with Crippen LogP contribution in [-0.2, 0) is 11.2 Å². The van der Waals surface area contributed by atoms with Crippen molar-refractivity contribution in [3.05, 3.63) is 52.0 Å². The van der Waals surface area contributed by atoms with Gasteiger partial charge in [0.2, 0.25) is 0 Å². The summed E-state index contributed by atoms with van der Waals surface area (Å²) in [5.74, 6) is 0. The summed E-state index contributed by atoms with van der Waals surface area (Å²) in [5.41, 5.74) is 2.48. The van der Waals surface area contributed by atoms with E-state index in [4.69, 9.17) is 9.72 Å². The number of rotatable bonds is 3. The first-order valence-electron chi connectivity index (χ1n) is 7.72. The standard InChI is InChI=1S/C17H20N2OS/c1-2-5-13(6-3-1)9-14-12-21-17(18-14)16-10-19-8-4-7-15(19)11-20-16/h1-3,5-6,12,15-16H,4,7-11H2. The van der Waals surface area contributed by atoms with Gasteiger partial charge in [0.05, 0.1) is 12.3 Å². The van der Waals surface area contributed by atoms with Crippen LogP contribution in [-0.4, -0.2) is 35.6 Å². The molecule has 0 saturated carbocycles. The Morgan fingerprint density at radius 2 is 2.19 bits per heavy atom.